The first-order chi connectivity index (χ1) is 68.5. The van der Waals surface area contributed by atoms with Crippen LogP contribution in [0.2, 0.25) is 5.02 Å². The molecule has 8 heterocycles. The Morgan fingerprint density at radius 3 is 1.44 bits per heavy atom. The van der Waals surface area contributed by atoms with E-state index in [2.05, 4.69) is 52.5 Å². The number of β-amino-alcohol motifs (C(OH)–C–C–N with tert-alkyl or cyclic N) is 1. The van der Waals surface area contributed by atoms with Crippen molar-refractivity contribution in [2.45, 2.75) is 295 Å². The van der Waals surface area contributed by atoms with Gasteiger partial charge in [0.1, 0.15) is 66.0 Å². The maximum atomic E-state index is 16.7. The van der Waals surface area contributed by atoms with Crippen LogP contribution in [0, 0.1) is 30.5 Å². The second kappa shape index (κ2) is 46.4. The van der Waals surface area contributed by atoms with Crippen LogP contribution >= 0.6 is 34.3 Å². The number of para-hydroxylation sites is 1. The highest BCUT2D eigenvalue weighted by atomic mass is 35.5. The van der Waals surface area contributed by atoms with E-state index in [-0.39, 0.29) is 124 Å². The highest BCUT2D eigenvalue weighted by Gasteiger charge is 2.51. The fourth-order valence-electron chi connectivity index (χ4n) is 20.0. The Bertz CT molecular complexity index is 6180. The van der Waals surface area contributed by atoms with Crippen LogP contribution in [0.25, 0.3) is 20.9 Å². The lowest BCUT2D eigenvalue weighted by Crippen LogP contribution is -2.57. The van der Waals surface area contributed by atoms with Crippen molar-refractivity contribution in [2.24, 2.45) is 33.8 Å². The number of benzene rings is 6. The van der Waals surface area contributed by atoms with Crippen LogP contribution in [0.3, 0.4) is 0 Å². The lowest BCUT2D eigenvalue weighted by molar-refractivity contribution is -0.144. The second-order valence-corrected chi connectivity index (χ2v) is 42.9. The molecule has 8 aromatic rings. The fourth-order valence-corrected chi connectivity index (χ4v) is 21.9. The molecule has 766 valence electrons. The van der Waals surface area contributed by atoms with E-state index in [1.807, 2.05) is 115 Å². The van der Waals surface area contributed by atoms with Crippen molar-refractivity contribution in [3.8, 4) is 26.6 Å². The van der Waals surface area contributed by atoms with Gasteiger partial charge in [-0.3, -0.25) is 76.9 Å². The molecule has 144 heavy (non-hydrogen) atoms. The minimum atomic E-state index is -1.50. The molecular weight excluding hydrogens is 1900 g/mol. The lowest BCUT2D eigenvalue weighted by atomic mass is 9.85. The molecule has 0 unspecified atom stereocenters. The quantitative estimate of drug-likeness (QED) is 0.0159. The average molecular weight is 2030 g/mol. The third-order valence-corrected chi connectivity index (χ3v) is 30.3. The van der Waals surface area contributed by atoms with Gasteiger partial charge < -0.3 is 85.1 Å². The summed E-state index contributed by atoms with van der Waals surface area (Å²) in [6.07, 6.45) is 1.83. The number of nitrogens with zero attached hydrogens (tertiary/aromatic N) is 6. The van der Waals surface area contributed by atoms with Crippen molar-refractivity contribution in [2.75, 3.05) is 33.5 Å². The van der Waals surface area contributed by atoms with Crippen LogP contribution in [-0.4, -0.2) is 193 Å². The Hall–Kier alpha value is -12.9. The van der Waals surface area contributed by atoms with E-state index >= 15 is 18.8 Å². The third kappa shape index (κ3) is 25.3. The van der Waals surface area contributed by atoms with Gasteiger partial charge in [-0.25, -0.2) is 14.4 Å². The van der Waals surface area contributed by atoms with Gasteiger partial charge in [0.15, 0.2) is 0 Å². The van der Waals surface area contributed by atoms with Gasteiger partial charge in [0.05, 0.1) is 96.8 Å². The molecule has 34 nitrogen and oxygen atoms in total. The number of hydrogen-bond donors (Lipinski definition) is 13. The summed E-state index contributed by atoms with van der Waals surface area (Å²) in [6, 6.07) is 21.8. The number of thiazole rings is 2. The van der Waals surface area contributed by atoms with Gasteiger partial charge in [-0.05, 0) is 195 Å². The number of halogens is 2. The molecule has 0 spiro atoms. The van der Waals surface area contributed by atoms with Gasteiger partial charge in [-0.2, -0.15) is 0 Å². The molecular formula is C106H130ClFN18O16S2. The SMILES string of the molecule is Cc1ncsc1-c1ccc([C@H](C)NC(=O)[C@@H]2C[C@@H](O)CN2C(=O)[C@@H](NC(=O)CCCCCc2cccc(NC(=O)[C@H](CCC(N)=O)NC(=O)[C@@H]3Cc4cc(O[C@@H]5C[C@@H](C(=O)N[C@@H](C)c6ccc(-c7scnc7C)cc6)N(C(=O)[C@@H](NC(=O)CCCCCc6cccc(NC(=O)[C@H](CCC(N)=O)NC(=O)[C@@H]7Cc8cccc9c8N7C(=O)[C@@H](N)CC9)c6Cl)C(C)(C)C)C5)cc5c4N3C(=O)[C@@H](N)CC5)c2F)C(C)(C)C)cc1. The summed E-state index contributed by atoms with van der Waals surface area (Å²) in [4.78, 5) is 214. The van der Waals surface area contributed by atoms with Gasteiger partial charge in [-0.15, -0.1) is 22.7 Å². The summed E-state index contributed by atoms with van der Waals surface area (Å²) in [6.45, 7) is 18.1. The fraction of sp³-hybridized carbons (Fsp3) is 0.472. The molecule has 38 heteroatoms. The Kier molecular flexibility index (Phi) is 34.4. The number of rotatable bonds is 40. The first-order valence-electron chi connectivity index (χ1n) is 49.4. The van der Waals surface area contributed by atoms with Crippen molar-refractivity contribution in [3.63, 3.8) is 0 Å². The van der Waals surface area contributed by atoms with E-state index in [0.29, 0.717) is 85.9 Å². The Balaban J connectivity index is 0.594. The first-order valence-corrected chi connectivity index (χ1v) is 51.6. The summed E-state index contributed by atoms with van der Waals surface area (Å²) in [5.41, 5.74) is 36.0. The maximum absolute atomic E-state index is 16.7. The van der Waals surface area contributed by atoms with E-state index in [1.165, 1.54) is 48.3 Å². The number of unbranched alkanes of at least 4 members (excludes halogenated alkanes) is 4. The van der Waals surface area contributed by atoms with Crippen molar-refractivity contribution >= 4 is 140 Å². The summed E-state index contributed by atoms with van der Waals surface area (Å²) in [7, 11) is 0. The molecule has 14 rings (SSSR count). The maximum Gasteiger partial charge on any atom is 0.247 e. The van der Waals surface area contributed by atoms with Crippen LogP contribution in [0.5, 0.6) is 5.75 Å². The normalized spacial score (nSPS) is 19.8. The van der Waals surface area contributed by atoms with E-state index in [4.69, 9.17) is 39.3 Å². The summed E-state index contributed by atoms with van der Waals surface area (Å²) in [5.74, 6) is -8.74. The van der Waals surface area contributed by atoms with Crippen LogP contribution in [-0.2, 0) is 106 Å². The number of aliphatic hydroxyl groups is 1. The van der Waals surface area contributed by atoms with Crippen LogP contribution < -0.4 is 80.0 Å². The molecule has 0 saturated carbocycles. The zero-order chi connectivity index (χ0) is 104. The number of hydrogen-bond acceptors (Lipinski definition) is 22. The molecule has 0 aliphatic carbocycles. The molecule has 14 atom stereocenters. The predicted octanol–water partition coefficient (Wildman–Crippen LogP) is 10.2. The molecule has 6 aliphatic rings. The molecule has 17 N–H and O–H groups in total. The number of ether oxygens (including phenoxy) is 1. The number of likely N-dealkylation sites (tertiary alicyclic amines) is 2. The van der Waals surface area contributed by atoms with Gasteiger partial charge in [0.25, 0.3) is 0 Å². The number of anilines is 4. The topological polar surface area (TPSA) is 507 Å². The van der Waals surface area contributed by atoms with Crippen molar-refractivity contribution < 1.29 is 81.4 Å². The zero-order valence-corrected chi connectivity index (χ0v) is 85.2. The van der Waals surface area contributed by atoms with Gasteiger partial charge in [0.2, 0.25) is 82.7 Å². The standard InChI is InChI=1S/C106H130ClFN18O16S2/c1-56(60-30-34-65(35-31-60)91-58(3)113-54-143-91)115-97(134)79-50-70(127)52-123(79)103(140)93(105(5,6)7)121-85(130)29-16-12-14-21-63-23-19-27-76(88(63)108)118-96(133)78(43-45-84(112)129)120-100(137)82-49-69-47-71(46-68-39-41-74(110)102(139)126(82)90(68)69)142-72-51-80(98(135)116-57(2)61-32-36-66(37-33-61)92-59(4)114-55-144-92)124(53-72)104(141)94(106(8,9)10)122-86(131)28-15-11-13-20-62-22-18-26-75(87(62)107)117-95(132)77(42-44-83(111)128)119-99(136)81-48-67-25-17-24-64-38-40-73(109)101(138)125(81)89(64)67/h17-19,22-27,30-37,46-47,54-57,70,72-74,77-82,93-94,127H,11-16,20-21,28-29,38-45,48-53,109-110H2,1-10H3,(H2,111,128)(H2,112,129)(H,115,134)(H,116,135)(H,117,132)(H,118,133)(H,119,136)(H,120,137)(H,121,130)(H,122,131)/t56-,57-,70+,72+,73-,74-,77-,78-,79-,80-,81-,82-,93+,94+/m0/s1. The molecule has 2 saturated heterocycles. The largest absolute Gasteiger partial charge is 0.488 e. The number of carbonyl (C=O) groups excluding carboxylic acids is 14. The van der Waals surface area contributed by atoms with E-state index in [9.17, 15) is 57.8 Å². The zero-order valence-electron chi connectivity index (χ0n) is 82.8. The predicted molar refractivity (Wildman–Crippen MR) is 547 cm³/mol. The van der Waals surface area contributed by atoms with Crippen LogP contribution in [0.1, 0.15) is 226 Å². The Morgan fingerprint density at radius 1 is 0.514 bits per heavy atom. The van der Waals surface area contributed by atoms with Crippen molar-refractivity contribution in [3.05, 3.63) is 193 Å². The van der Waals surface area contributed by atoms with Crippen LogP contribution in [0.4, 0.5) is 27.1 Å². The number of carbonyl (C=O) groups is 14. The number of nitrogens with two attached hydrogens (primary N) is 4. The molecule has 0 bridgehead atoms. The first kappa shape index (κ1) is 107. The monoisotopic (exact) mass is 2030 g/mol. The van der Waals surface area contributed by atoms with Gasteiger partial charge in [-0.1, -0.05) is 157 Å². The minimum absolute atomic E-state index is 0.0111. The average Bonchev–Trinajstić information content (AvgIpc) is 1.59. The second-order valence-electron chi connectivity index (χ2n) is 40.8. The van der Waals surface area contributed by atoms with E-state index < -0.39 is 184 Å². The minimum Gasteiger partial charge on any atom is -0.488 e. The summed E-state index contributed by atoms with van der Waals surface area (Å²) in [5, 5.41) is 34.1. The Labute approximate surface area is 849 Å². The van der Waals surface area contributed by atoms with E-state index in [1.54, 1.807) is 74.3 Å². The number of aromatic nitrogens is 2. The van der Waals surface area contributed by atoms with Gasteiger partial charge in [0, 0.05) is 57.9 Å². The third-order valence-electron chi connectivity index (χ3n) is 27.9. The molecule has 2 fully saturated rings. The Morgan fingerprint density at radius 2 is 0.944 bits per heavy atom. The summed E-state index contributed by atoms with van der Waals surface area (Å²) < 4.78 is 23.5. The number of aryl methyl sites for hydroxylation is 6. The summed E-state index contributed by atoms with van der Waals surface area (Å²) >= 11 is 10.0. The highest BCUT2D eigenvalue weighted by molar-refractivity contribution is 7.13. The molecule has 2 aromatic heterocycles. The molecule has 6 aromatic carbocycles. The van der Waals surface area contributed by atoms with E-state index in [0.717, 1.165) is 54.5 Å². The van der Waals surface area contributed by atoms with Crippen molar-refractivity contribution in [1.29, 1.82) is 0 Å². The number of primary amides is 2. The van der Waals surface area contributed by atoms with Crippen LogP contribution in [0.15, 0.2) is 126 Å². The molecule has 14 amide bonds. The van der Waals surface area contributed by atoms with Gasteiger partial charge >= 0.3 is 0 Å². The molecule has 0 radical (unpaired) electrons. The lowest BCUT2D eigenvalue weighted by Gasteiger charge is -2.35. The number of amides is 14. The number of nitrogens with one attached hydrogen (secondary N) is 8. The van der Waals surface area contributed by atoms with Crippen molar-refractivity contribution in [1.82, 2.24) is 51.7 Å². The highest BCUT2D eigenvalue weighted by Crippen LogP contribution is 2.45. The smallest absolute Gasteiger partial charge is 0.247 e. The molecule has 6 aliphatic heterocycles. The number of aliphatic hydroxyl groups excluding tert-OH is 1.